The quantitative estimate of drug-likeness (QED) is 0.394. The minimum atomic E-state index is -0.159. The van der Waals surface area contributed by atoms with Gasteiger partial charge in [0.1, 0.15) is 6.61 Å². The maximum Gasteiger partial charge on any atom is 0.248 e. The summed E-state index contributed by atoms with van der Waals surface area (Å²) in [5.41, 5.74) is 1.83. The fourth-order valence-corrected chi connectivity index (χ4v) is 2.83. The van der Waals surface area contributed by atoms with E-state index in [9.17, 15) is 14.4 Å². The number of hydrogen-bond donors (Lipinski definition) is 0. The van der Waals surface area contributed by atoms with E-state index in [1.54, 1.807) is 11.9 Å². The van der Waals surface area contributed by atoms with Crippen LogP contribution in [0.4, 0.5) is 0 Å². The van der Waals surface area contributed by atoms with E-state index in [-0.39, 0.29) is 30.7 Å². The van der Waals surface area contributed by atoms with Crippen molar-refractivity contribution in [2.45, 2.75) is 39.7 Å². The van der Waals surface area contributed by atoms with Crippen LogP contribution in [-0.4, -0.2) is 67.5 Å². The van der Waals surface area contributed by atoms with Crippen molar-refractivity contribution in [3.63, 3.8) is 0 Å². The third-order valence-corrected chi connectivity index (χ3v) is 4.63. The van der Waals surface area contributed by atoms with Crippen molar-refractivity contribution in [3.05, 3.63) is 35.4 Å². The predicted octanol–water partition coefficient (Wildman–Crippen LogP) is 2.03. The monoisotopic (exact) mass is 404 g/mol. The van der Waals surface area contributed by atoms with Gasteiger partial charge in [-0.1, -0.05) is 38.1 Å². The first-order valence-corrected chi connectivity index (χ1v) is 10.2. The van der Waals surface area contributed by atoms with Crippen molar-refractivity contribution in [1.29, 1.82) is 0 Å². The number of β-lactam (4-membered cyclic amide) rings is 1. The summed E-state index contributed by atoms with van der Waals surface area (Å²) in [6.45, 7) is 7.14. The van der Waals surface area contributed by atoms with Crippen LogP contribution in [0.25, 0.3) is 0 Å². The van der Waals surface area contributed by atoms with Crippen molar-refractivity contribution < 1.29 is 23.9 Å². The minimum Gasteiger partial charge on any atom is -0.381 e. The highest BCUT2D eigenvalue weighted by molar-refractivity contribution is 6.00. The second kappa shape index (κ2) is 11.7. The smallest absolute Gasteiger partial charge is 0.248 e. The lowest BCUT2D eigenvalue weighted by atomic mass is 10.1. The van der Waals surface area contributed by atoms with Crippen LogP contribution in [0.2, 0.25) is 0 Å². The molecule has 2 rings (SSSR count). The summed E-state index contributed by atoms with van der Waals surface area (Å²) in [4.78, 5) is 38.4. The molecule has 160 valence electrons. The lowest BCUT2D eigenvalue weighted by Crippen LogP contribution is -2.48. The Morgan fingerprint density at radius 2 is 1.76 bits per heavy atom. The van der Waals surface area contributed by atoms with Gasteiger partial charge in [-0.15, -0.1) is 0 Å². The van der Waals surface area contributed by atoms with Gasteiger partial charge in [0, 0.05) is 46.4 Å². The molecule has 0 bridgehead atoms. The molecular weight excluding hydrogens is 372 g/mol. The van der Waals surface area contributed by atoms with Crippen molar-refractivity contribution in [2.24, 2.45) is 5.92 Å². The topological polar surface area (TPSA) is 76.2 Å². The highest BCUT2D eigenvalue weighted by Crippen LogP contribution is 2.13. The van der Waals surface area contributed by atoms with E-state index in [1.165, 1.54) is 4.90 Å². The lowest BCUT2D eigenvalue weighted by Gasteiger charge is -2.28. The fraction of sp³-hybridized carbons (Fsp3) is 0.591. The van der Waals surface area contributed by atoms with Crippen LogP contribution in [0.15, 0.2) is 24.3 Å². The molecule has 1 aliphatic rings. The van der Waals surface area contributed by atoms with Crippen molar-refractivity contribution in [1.82, 2.24) is 9.80 Å². The molecule has 7 nitrogen and oxygen atoms in total. The van der Waals surface area contributed by atoms with Gasteiger partial charge < -0.3 is 14.4 Å². The van der Waals surface area contributed by atoms with Gasteiger partial charge in [0.2, 0.25) is 17.7 Å². The number of likely N-dealkylation sites (N-methyl/N-ethyl adjacent to an activating group) is 1. The maximum absolute atomic E-state index is 12.2. The summed E-state index contributed by atoms with van der Waals surface area (Å²) in [6.07, 6.45) is 1.45. The van der Waals surface area contributed by atoms with E-state index in [0.717, 1.165) is 24.2 Å². The highest BCUT2D eigenvalue weighted by Gasteiger charge is 2.29. The second-order valence-electron chi connectivity index (χ2n) is 7.81. The Bertz CT molecular complexity index is 687. The lowest BCUT2D eigenvalue weighted by molar-refractivity contribution is -0.151. The summed E-state index contributed by atoms with van der Waals surface area (Å²) < 4.78 is 10.9. The van der Waals surface area contributed by atoms with E-state index in [4.69, 9.17) is 9.47 Å². The Morgan fingerprint density at radius 3 is 2.34 bits per heavy atom. The van der Waals surface area contributed by atoms with E-state index in [0.29, 0.717) is 38.6 Å². The Kier molecular flexibility index (Phi) is 9.28. The zero-order valence-electron chi connectivity index (χ0n) is 17.7. The molecule has 0 spiro atoms. The van der Waals surface area contributed by atoms with Gasteiger partial charge in [-0.2, -0.15) is 0 Å². The molecule has 0 radical (unpaired) electrons. The molecule has 1 aliphatic heterocycles. The van der Waals surface area contributed by atoms with E-state index >= 15 is 0 Å². The van der Waals surface area contributed by atoms with Gasteiger partial charge in [0.25, 0.3) is 0 Å². The summed E-state index contributed by atoms with van der Waals surface area (Å²) in [7, 11) is 1.74. The Morgan fingerprint density at radius 1 is 1.10 bits per heavy atom. The largest absolute Gasteiger partial charge is 0.381 e. The zero-order chi connectivity index (χ0) is 21.2. The van der Waals surface area contributed by atoms with E-state index < -0.39 is 0 Å². The van der Waals surface area contributed by atoms with Crippen LogP contribution in [-0.2, 0) is 36.8 Å². The fourth-order valence-electron chi connectivity index (χ4n) is 2.83. The molecule has 0 aromatic heterocycles. The van der Waals surface area contributed by atoms with E-state index in [1.807, 2.05) is 24.3 Å². The number of ether oxygens (including phenoxy) is 2. The number of carbonyl (C=O) groups excluding carboxylic acids is 3. The molecular formula is C22H32N2O5. The average Bonchev–Trinajstić information content (AvgIpc) is 2.67. The maximum atomic E-state index is 12.2. The van der Waals surface area contributed by atoms with Gasteiger partial charge in [0.05, 0.1) is 6.42 Å². The molecule has 0 unspecified atom stereocenters. The molecule has 1 fully saturated rings. The van der Waals surface area contributed by atoms with Crippen LogP contribution in [0.1, 0.15) is 37.8 Å². The summed E-state index contributed by atoms with van der Waals surface area (Å²) in [5, 5.41) is 0. The van der Waals surface area contributed by atoms with Gasteiger partial charge in [-0.25, -0.2) is 0 Å². The van der Waals surface area contributed by atoms with Crippen molar-refractivity contribution >= 4 is 17.7 Å². The van der Waals surface area contributed by atoms with Crippen LogP contribution in [0, 0.1) is 5.92 Å². The zero-order valence-corrected chi connectivity index (χ0v) is 17.7. The first kappa shape index (κ1) is 23.0. The Hall–Kier alpha value is -2.25. The number of amides is 3. The summed E-state index contributed by atoms with van der Waals surface area (Å²) in [6, 6.07) is 7.53. The minimum absolute atomic E-state index is 0.0527. The summed E-state index contributed by atoms with van der Waals surface area (Å²) >= 11 is 0. The highest BCUT2D eigenvalue weighted by atomic mass is 16.5. The standard InChI is InChI=1S/C22H32N2O5/c1-17(2)15-28-11-4-12-29-16-22(27)23(3)14-19-7-5-18(6-8-19)13-21(26)24-10-9-20(24)25/h5-8,17H,4,9-16H2,1-3H3. The molecule has 3 amide bonds. The van der Waals surface area contributed by atoms with Crippen LogP contribution < -0.4 is 0 Å². The third kappa shape index (κ3) is 7.95. The predicted molar refractivity (Wildman–Crippen MR) is 109 cm³/mol. The first-order valence-electron chi connectivity index (χ1n) is 10.2. The average molecular weight is 405 g/mol. The molecule has 0 N–H and O–H groups in total. The number of carbonyl (C=O) groups is 3. The first-order chi connectivity index (χ1) is 13.9. The van der Waals surface area contributed by atoms with Crippen LogP contribution in [0.5, 0.6) is 0 Å². The van der Waals surface area contributed by atoms with E-state index in [2.05, 4.69) is 13.8 Å². The number of nitrogens with zero attached hydrogens (tertiary/aromatic N) is 2. The molecule has 29 heavy (non-hydrogen) atoms. The van der Waals surface area contributed by atoms with Gasteiger partial charge in [-0.3, -0.25) is 19.3 Å². The molecule has 1 aromatic rings. The number of hydrogen-bond acceptors (Lipinski definition) is 5. The summed E-state index contributed by atoms with van der Waals surface area (Å²) in [5.74, 6) is 0.180. The molecule has 0 aliphatic carbocycles. The number of imide groups is 1. The molecule has 0 atom stereocenters. The molecule has 7 heteroatoms. The number of rotatable bonds is 12. The molecule has 1 heterocycles. The van der Waals surface area contributed by atoms with Crippen LogP contribution >= 0.6 is 0 Å². The molecule has 1 aromatic carbocycles. The Labute approximate surface area is 172 Å². The number of likely N-dealkylation sites (tertiary alicyclic amines) is 1. The van der Waals surface area contributed by atoms with Gasteiger partial charge in [0.15, 0.2) is 0 Å². The van der Waals surface area contributed by atoms with Gasteiger partial charge in [-0.05, 0) is 23.5 Å². The molecule has 1 saturated heterocycles. The van der Waals surface area contributed by atoms with Crippen LogP contribution in [0.3, 0.4) is 0 Å². The second-order valence-corrected chi connectivity index (χ2v) is 7.81. The number of benzene rings is 1. The Balaban J connectivity index is 1.64. The third-order valence-electron chi connectivity index (χ3n) is 4.63. The van der Waals surface area contributed by atoms with Crippen molar-refractivity contribution in [2.75, 3.05) is 40.0 Å². The normalized spacial score (nSPS) is 13.5. The SMILES string of the molecule is CC(C)COCCCOCC(=O)N(C)Cc1ccc(CC(=O)N2CCC2=O)cc1. The molecule has 0 saturated carbocycles. The van der Waals surface area contributed by atoms with Crippen molar-refractivity contribution in [3.8, 4) is 0 Å². The van der Waals surface area contributed by atoms with Gasteiger partial charge >= 0.3 is 0 Å².